The van der Waals surface area contributed by atoms with Crippen molar-refractivity contribution >= 4 is 5.97 Å². The van der Waals surface area contributed by atoms with Gasteiger partial charge in [0.15, 0.2) is 0 Å². The lowest BCUT2D eigenvalue weighted by atomic mass is 10.1. The van der Waals surface area contributed by atoms with Gasteiger partial charge in [0.1, 0.15) is 6.04 Å². The Morgan fingerprint density at radius 1 is 1.41 bits per heavy atom. The van der Waals surface area contributed by atoms with E-state index >= 15 is 0 Å². The maximum atomic E-state index is 11.2. The van der Waals surface area contributed by atoms with E-state index in [1.54, 1.807) is 24.3 Å². The molecule has 0 amide bonds. The Labute approximate surface area is 100 Å². The van der Waals surface area contributed by atoms with Gasteiger partial charge in [-0.3, -0.25) is 10.1 Å². The summed E-state index contributed by atoms with van der Waals surface area (Å²) in [7, 11) is 1.50. The van der Waals surface area contributed by atoms with Crippen LogP contribution in [0, 0.1) is 0 Å². The maximum absolute atomic E-state index is 11.2. The van der Waals surface area contributed by atoms with Crippen molar-refractivity contribution in [1.29, 1.82) is 0 Å². The van der Waals surface area contributed by atoms with Crippen LogP contribution >= 0.6 is 0 Å². The molecule has 1 aromatic rings. The fourth-order valence-electron chi connectivity index (χ4n) is 1.55. The van der Waals surface area contributed by atoms with Gasteiger partial charge >= 0.3 is 5.97 Å². The summed E-state index contributed by atoms with van der Waals surface area (Å²) in [4.78, 5) is 11.2. The van der Waals surface area contributed by atoms with Gasteiger partial charge in [0.25, 0.3) is 0 Å². The van der Waals surface area contributed by atoms with Crippen molar-refractivity contribution in [2.75, 3.05) is 20.3 Å². The first-order chi connectivity index (χ1) is 8.19. The van der Waals surface area contributed by atoms with E-state index in [0.717, 1.165) is 0 Å². The third-order valence-electron chi connectivity index (χ3n) is 2.37. The maximum Gasteiger partial charge on any atom is 0.325 e. The molecule has 3 N–H and O–H groups in total. The van der Waals surface area contributed by atoms with Crippen LogP contribution < -0.4 is 5.32 Å². The Hall–Kier alpha value is -1.43. The molecule has 1 aromatic carbocycles. The Morgan fingerprint density at radius 3 is 2.53 bits per heavy atom. The van der Waals surface area contributed by atoms with Crippen molar-refractivity contribution in [3.05, 3.63) is 35.9 Å². The number of rotatable bonds is 7. The largest absolute Gasteiger partial charge is 0.480 e. The van der Waals surface area contributed by atoms with Crippen LogP contribution in [0.4, 0.5) is 0 Å². The minimum Gasteiger partial charge on any atom is -0.480 e. The predicted octanol–water partition coefficient (Wildman–Crippen LogP) is 0.409. The van der Waals surface area contributed by atoms with Gasteiger partial charge in [-0.15, -0.1) is 0 Å². The number of benzene rings is 1. The molecule has 5 nitrogen and oxygen atoms in total. The Bertz CT molecular complexity index is 342. The van der Waals surface area contributed by atoms with Crippen molar-refractivity contribution in [1.82, 2.24) is 5.32 Å². The number of hydrogen-bond donors (Lipinski definition) is 3. The quantitative estimate of drug-likeness (QED) is 0.642. The number of ether oxygens (including phenoxy) is 1. The van der Waals surface area contributed by atoms with E-state index in [9.17, 15) is 4.79 Å². The third-order valence-corrected chi connectivity index (χ3v) is 2.37. The molecule has 2 unspecified atom stereocenters. The number of methoxy groups -OCH3 is 1. The van der Waals surface area contributed by atoms with Crippen LogP contribution in [0.2, 0.25) is 0 Å². The third kappa shape index (κ3) is 4.14. The van der Waals surface area contributed by atoms with Crippen molar-refractivity contribution < 1.29 is 19.7 Å². The molecule has 2 atom stereocenters. The summed E-state index contributed by atoms with van der Waals surface area (Å²) >= 11 is 0. The van der Waals surface area contributed by atoms with Crippen LogP contribution in [-0.2, 0) is 9.53 Å². The summed E-state index contributed by atoms with van der Waals surface area (Å²) in [6.45, 7) is 0.0809. The summed E-state index contributed by atoms with van der Waals surface area (Å²) in [5.74, 6) is -0.981. The molecule has 0 radical (unpaired) electrons. The fourth-order valence-corrected chi connectivity index (χ4v) is 1.55. The average Bonchev–Trinajstić information content (AvgIpc) is 2.35. The molecule has 17 heavy (non-hydrogen) atoms. The SMILES string of the molecule is COCC(CO)NC(C(=O)O)c1ccccc1. The second-order valence-corrected chi connectivity index (χ2v) is 3.68. The Morgan fingerprint density at radius 2 is 2.06 bits per heavy atom. The van der Waals surface area contributed by atoms with E-state index in [1.165, 1.54) is 7.11 Å². The van der Waals surface area contributed by atoms with Gasteiger partial charge in [0.05, 0.1) is 19.3 Å². The summed E-state index contributed by atoms with van der Waals surface area (Å²) in [5.41, 5.74) is 0.648. The summed E-state index contributed by atoms with van der Waals surface area (Å²) in [5, 5.41) is 21.1. The van der Waals surface area contributed by atoms with E-state index in [2.05, 4.69) is 5.32 Å². The number of carbonyl (C=O) groups is 1. The van der Waals surface area contributed by atoms with E-state index in [1.807, 2.05) is 6.07 Å². The van der Waals surface area contributed by atoms with Crippen molar-refractivity contribution in [3.8, 4) is 0 Å². The average molecular weight is 239 g/mol. The number of hydrogen-bond acceptors (Lipinski definition) is 4. The normalized spacial score (nSPS) is 14.2. The van der Waals surface area contributed by atoms with Crippen molar-refractivity contribution in [2.24, 2.45) is 0 Å². The van der Waals surface area contributed by atoms with Gasteiger partial charge in [0.2, 0.25) is 0 Å². The molecule has 0 spiro atoms. The van der Waals surface area contributed by atoms with E-state index < -0.39 is 18.1 Å². The van der Waals surface area contributed by atoms with Crippen LogP contribution in [0.25, 0.3) is 0 Å². The number of aliphatic hydroxyl groups excluding tert-OH is 1. The lowest BCUT2D eigenvalue weighted by Crippen LogP contribution is -2.42. The molecular weight excluding hydrogens is 222 g/mol. The number of aliphatic carboxylic acids is 1. The zero-order chi connectivity index (χ0) is 12.7. The van der Waals surface area contributed by atoms with Crippen LogP contribution in [0.3, 0.4) is 0 Å². The molecule has 0 saturated carbocycles. The predicted molar refractivity (Wildman–Crippen MR) is 62.7 cm³/mol. The first-order valence-electron chi connectivity index (χ1n) is 5.32. The number of carboxylic acids is 1. The van der Waals surface area contributed by atoms with Gasteiger partial charge < -0.3 is 14.9 Å². The van der Waals surface area contributed by atoms with Gasteiger partial charge in [0, 0.05) is 7.11 Å². The summed E-state index contributed by atoms with van der Waals surface area (Å²) in [6.07, 6.45) is 0. The number of aliphatic hydroxyl groups is 1. The Balaban J connectivity index is 2.77. The molecule has 1 rings (SSSR count). The molecule has 0 aromatic heterocycles. The lowest BCUT2D eigenvalue weighted by Gasteiger charge is -2.21. The van der Waals surface area contributed by atoms with E-state index in [4.69, 9.17) is 14.9 Å². The van der Waals surface area contributed by atoms with Crippen LogP contribution in [0.1, 0.15) is 11.6 Å². The standard InChI is InChI=1S/C12H17NO4/c1-17-8-10(7-14)13-11(12(15)16)9-5-3-2-4-6-9/h2-6,10-11,13-14H,7-8H2,1H3,(H,15,16). The lowest BCUT2D eigenvalue weighted by molar-refractivity contribution is -0.140. The number of carboxylic acid groups (broad SMARTS) is 1. The minimum absolute atomic E-state index is 0.176. The number of nitrogens with one attached hydrogen (secondary N) is 1. The fraction of sp³-hybridized carbons (Fsp3) is 0.417. The molecule has 94 valence electrons. The molecule has 0 aliphatic rings. The van der Waals surface area contributed by atoms with Gasteiger partial charge in [-0.1, -0.05) is 30.3 Å². The zero-order valence-corrected chi connectivity index (χ0v) is 9.67. The van der Waals surface area contributed by atoms with Crippen LogP contribution in [0.5, 0.6) is 0 Å². The minimum atomic E-state index is -0.981. The molecule has 0 heterocycles. The van der Waals surface area contributed by atoms with E-state index in [-0.39, 0.29) is 13.2 Å². The van der Waals surface area contributed by atoms with Crippen LogP contribution in [0.15, 0.2) is 30.3 Å². The topological polar surface area (TPSA) is 78.8 Å². The highest BCUT2D eigenvalue weighted by Gasteiger charge is 2.22. The molecule has 5 heteroatoms. The molecule has 0 aliphatic carbocycles. The molecule has 0 saturated heterocycles. The highest BCUT2D eigenvalue weighted by Crippen LogP contribution is 2.13. The van der Waals surface area contributed by atoms with Crippen molar-refractivity contribution in [2.45, 2.75) is 12.1 Å². The smallest absolute Gasteiger partial charge is 0.325 e. The highest BCUT2D eigenvalue weighted by molar-refractivity contribution is 5.75. The first kappa shape index (κ1) is 13.6. The van der Waals surface area contributed by atoms with Crippen molar-refractivity contribution in [3.63, 3.8) is 0 Å². The Kier molecular flexibility index (Phi) is 5.62. The first-order valence-corrected chi connectivity index (χ1v) is 5.32. The van der Waals surface area contributed by atoms with Gasteiger partial charge in [-0.2, -0.15) is 0 Å². The molecular formula is C12H17NO4. The molecule has 0 aliphatic heterocycles. The second kappa shape index (κ2) is 7.01. The monoisotopic (exact) mass is 239 g/mol. The van der Waals surface area contributed by atoms with Gasteiger partial charge in [-0.25, -0.2) is 0 Å². The molecule has 0 fully saturated rings. The summed E-state index contributed by atoms with van der Waals surface area (Å²) in [6, 6.07) is 7.58. The van der Waals surface area contributed by atoms with E-state index in [0.29, 0.717) is 5.56 Å². The van der Waals surface area contributed by atoms with Gasteiger partial charge in [-0.05, 0) is 5.56 Å². The highest BCUT2D eigenvalue weighted by atomic mass is 16.5. The van der Waals surface area contributed by atoms with Crippen LogP contribution in [-0.4, -0.2) is 42.5 Å². The zero-order valence-electron chi connectivity index (χ0n) is 9.67. The second-order valence-electron chi connectivity index (χ2n) is 3.68. The summed E-state index contributed by atoms with van der Waals surface area (Å²) < 4.78 is 4.90. The molecule has 0 bridgehead atoms.